The van der Waals surface area contributed by atoms with Crippen LogP contribution < -0.4 is 14.9 Å². The third kappa shape index (κ3) is 5.77. The van der Waals surface area contributed by atoms with Crippen molar-refractivity contribution in [2.45, 2.75) is 61.4 Å². The van der Waals surface area contributed by atoms with Crippen LogP contribution in [0.15, 0.2) is 51.7 Å². The minimum Gasteiger partial charge on any atom is -0.507 e. The van der Waals surface area contributed by atoms with Crippen molar-refractivity contribution in [2.24, 2.45) is 0 Å². The van der Waals surface area contributed by atoms with Crippen LogP contribution in [0, 0.1) is 0 Å². The van der Waals surface area contributed by atoms with E-state index < -0.39 is 84.5 Å². The summed E-state index contributed by atoms with van der Waals surface area (Å²) < 4.78 is 26.8. The van der Waals surface area contributed by atoms with Gasteiger partial charge in [0.2, 0.25) is 12.6 Å². The Hall–Kier alpha value is -4.33. The van der Waals surface area contributed by atoms with Crippen molar-refractivity contribution in [3.63, 3.8) is 0 Å². The summed E-state index contributed by atoms with van der Waals surface area (Å²) >= 11 is 0. The molecular weight excluding hydrogens is 596 g/mol. The molecule has 236 valence electrons. The number of hydrogen-bond donors (Lipinski definition) is 9. The second kappa shape index (κ2) is 12.0. The molecule has 3 aromatic rings. The summed E-state index contributed by atoms with van der Waals surface area (Å²) in [4.78, 5) is 35.5. The summed E-state index contributed by atoms with van der Waals surface area (Å²) in [6.07, 6.45) is -18.6. The molecule has 3 heterocycles. The zero-order valence-corrected chi connectivity index (χ0v) is 22.1. The lowest BCUT2D eigenvalue weighted by molar-refractivity contribution is -0.271. The van der Waals surface area contributed by atoms with Crippen molar-refractivity contribution in [3.05, 3.63) is 52.7 Å². The maximum Gasteiger partial charge on any atom is 0.335 e. The molecule has 0 aliphatic carbocycles. The molecule has 2 fully saturated rings. The Kier molecular flexibility index (Phi) is 8.47. The minimum atomic E-state index is -1.95. The number of carboxylic acid groups (broad SMARTS) is 2. The molecule has 17 nitrogen and oxygen atoms in total. The van der Waals surface area contributed by atoms with Crippen LogP contribution in [0.4, 0.5) is 0 Å². The number of rotatable bonds is 7. The fraction of sp³-hybridized carbons (Fsp3) is 0.370. The fourth-order valence-electron chi connectivity index (χ4n) is 4.72. The van der Waals surface area contributed by atoms with E-state index >= 15 is 0 Å². The van der Waals surface area contributed by atoms with E-state index in [1.807, 2.05) is 0 Å². The molecule has 0 amide bonds. The highest BCUT2D eigenvalue weighted by Gasteiger charge is 2.49. The Balaban J connectivity index is 1.38. The topological polar surface area (TPSA) is 283 Å². The largest absolute Gasteiger partial charge is 0.507 e. The minimum absolute atomic E-state index is 0.0116. The van der Waals surface area contributed by atoms with Gasteiger partial charge in [-0.25, -0.2) is 9.59 Å². The second-order valence-electron chi connectivity index (χ2n) is 10.0. The van der Waals surface area contributed by atoms with Gasteiger partial charge in [-0.1, -0.05) is 0 Å². The molecule has 0 bridgehead atoms. The monoisotopic (exact) mass is 622 g/mol. The summed E-state index contributed by atoms with van der Waals surface area (Å²) in [5.74, 6) is -4.04. The first-order valence-corrected chi connectivity index (χ1v) is 12.9. The number of carboxylic acids is 2. The number of carbonyl (C=O) groups is 2. The zero-order chi connectivity index (χ0) is 32.0. The van der Waals surface area contributed by atoms with Gasteiger partial charge in [-0.3, -0.25) is 4.79 Å². The fourth-order valence-corrected chi connectivity index (χ4v) is 4.72. The average molecular weight is 622 g/mol. The summed E-state index contributed by atoms with van der Waals surface area (Å²) in [7, 11) is 0. The van der Waals surface area contributed by atoms with Crippen LogP contribution in [-0.4, -0.2) is 119 Å². The molecule has 0 spiro atoms. The molecule has 5 rings (SSSR count). The molecule has 2 aliphatic heterocycles. The molecule has 0 unspecified atom stereocenters. The Morgan fingerprint density at radius 1 is 0.659 bits per heavy atom. The molecule has 10 atom stereocenters. The molecule has 9 N–H and O–H groups in total. The number of phenols is 1. The summed E-state index contributed by atoms with van der Waals surface area (Å²) in [5.41, 5.74) is -0.567. The van der Waals surface area contributed by atoms with Crippen LogP contribution in [0.3, 0.4) is 0 Å². The van der Waals surface area contributed by atoms with Crippen LogP contribution >= 0.6 is 0 Å². The number of aliphatic carboxylic acids is 2. The number of ether oxygens (including phenoxy) is 4. The molecule has 17 heteroatoms. The van der Waals surface area contributed by atoms with E-state index in [1.165, 1.54) is 24.3 Å². The standard InChI is InChI=1S/C27H26O17/c28-11-5-10(41-27-21(35)17(31)19(33)23(44-27)25(38)39)6-14-15(11)12(29)7-13(42-14)8-1-3-9(4-2-8)40-26-20(34)16(30)18(32)22(43-26)24(36)37/h1-7,16-23,26-28,30-35H,(H,36,37)(H,38,39)/t16-,17+,18+,19+,20+,21-,22+,23-,26-,27-/m1/s1. The van der Waals surface area contributed by atoms with Crippen molar-refractivity contribution in [1.82, 2.24) is 0 Å². The van der Waals surface area contributed by atoms with E-state index in [4.69, 9.17) is 23.4 Å². The lowest BCUT2D eigenvalue weighted by Gasteiger charge is -2.38. The van der Waals surface area contributed by atoms with Gasteiger partial charge in [0.05, 0.1) is 0 Å². The second-order valence-corrected chi connectivity index (χ2v) is 10.0. The van der Waals surface area contributed by atoms with Crippen molar-refractivity contribution >= 4 is 22.9 Å². The summed E-state index contributed by atoms with van der Waals surface area (Å²) in [5, 5.41) is 88.7. The van der Waals surface area contributed by atoms with Gasteiger partial charge in [0.15, 0.2) is 17.6 Å². The molecule has 2 saturated heterocycles. The SMILES string of the molecule is O=C(O)[C@H]1O[C@@H](Oc2ccc(-c3cc(=O)c4c(O)cc(O[C@@H]5O[C@@H](C(=O)O)[C@@H](O)[C@H](O)[C@H]5O)cc4o3)cc2)[C@@H](O)[C@H](O)[C@@H]1O. The van der Waals surface area contributed by atoms with E-state index in [-0.39, 0.29) is 28.2 Å². The summed E-state index contributed by atoms with van der Waals surface area (Å²) in [6, 6.07) is 8.72. The number of aromatic hydroxyl groups is 1. The number of aliphatic hydroxyl groups excluding tert-OH is 6. The van der Waals surface area contributed by atoms with Crippen molar-refractivity contribution < 1.29 is 78.9 Å². The van der Waals surface area contributed by atoms with E-state index in [0.717, 1.165) is 18.2 Å². The lowest BCUT2D eigenvalue weighted by atomic mass is 9.99. The van der Waals surface area contributed by atoms with Crippen LogP contribution in [0.2, 0.25) is 0 Å². The Labute approximate surface area is 244 Å². The first-order valence-electron chi connectivity index (χ1n) is 12.9. The smallest absolute Gasteiger partial charge is 0.335 e. The van der Waals surface area contributed by atoms with Gasteiger partial charge < -0.3 is 69.3 Å². The lowest BCUT2D eigenvalue weighted by Crippen LogP contribution is -2.61. The molecule has 44 heavy (non-hydrogen) atoms. The number of phenolic OH excluding ortho intramolecular Hbond substituents is 1. The van der Waals surface area contributed by atoms with Crippen LogP contribution in [0.25, 0.3) is 22.3 Å². The molecular formula is C27H26O17. The molecule has 2 aromatic carbocycles. The number of hydrogen-bond acceptors (Lipinski definition) is 15. The van der Waals surface area contributed by atoms with Gasteiger partial charge in [-0.2, -0.15) is 0 Å². The van der Waals surface area contributed by atoms with E-state index in [1.54, 1.807) is 0 Å². The predicted molar refractivity (Wildman–Crippen MR) is 139 cm³/mol. The van der Waals surface area contributed by atoms with Crippen LogP contribution in [-0.2, 0) is 19.1 Å². The number of fused-ring (bicyclic) bond motifs is 1. The highest BCUT2D eigenvalue weighted by Crippen LogP contribution is 2.34. The molecule has 2 aliphatic rings. The highest BCUT2D eigenvalue weighted by atomic mass is 16.7. The Morgan fingerprint density at radius 3 is 1.66 bits per heavy atom. The van der Waals surface area contributed by atoms with Gasteiger partial charge in [0.25, 0.3) is 0 Å². The van der Waals surface area contributed by atoms with Gasteiger partial charge >= 0.3 is 11.9 Å². The van der Waals surface area contributed by atoms with Gasteiger partial charge in [0, 0.05) is 23.8 Å². The van der Waals surface area contributed by atoms with E-state index in [0.29, 0.717) is 5.56 Å². The van der Waals surface area contributed by atoms with E-state index in [2.05, 4.69) is 0 Å². The maximum atomic E-state index is 12.8. The zero-order valence-electron chi connectivity index (χ0n) is 22.1. The van der Waals surface area contributed by atoms with Gasteiger partial charge in [-0.15, -0.1) is 0 Å². The third-order valence-electron chi connectivity index (χ3n) is 7.05. The number of benzene rings is 2. The normalized spacial score (nSPS) is 32.2. The maximum absolute atomic E-state index is 12.8. The van der Waals surface area contributed by atoms with Gasteiger partial charge in [-0.05, 0) is 24.3 Å². The molecule has 0 radical (unpaired) electrons. The first-order chi connectivity index (χ1) is 20.8. The van der Waals surface area contributed by atoms with Crippen molar-refractivity contribution in [1.29, 1.82) is 0 Å². The third-order valence-corrected chi connectivity index (χ3v) is 7.05. The van der Waals surface area contributed by atoms with Crippen molar-refractivity contribution in [3.8, 4) is 28.6 Å². The van der Waals surface area contributed by atoms with Crippen LogP contribution in [0.1, 0.15) is 0 Å². The molecule has 1 aromatic heterocycles. The quantitative estimate of drug-likeness (QED) is 0.134. The van der Waals surface area contributed by atoms with Crippen LogP contribution in [0.5, 0.6) is 17.2 Å². The summed E-state index contributed by atoms with van der Waals surface area (Å²) in [6.45, 7) is 0. The Bertz CT molecular complexity index is 1600. The average Bonchev–Trinajstić information content (AvgIpc) is 2.97. The number of aliphatic hydroxyl groups is 6. The van der Waals surface area contributed by atoms with E-state index in [9.17, 15) is 60.3 Å². The molecule has 0 saturated carbocycles. The van der Waals surface area contributed by atoms with Crippen molar-refractivity contribution in [2.75, 3.05) is 0 Å². The highest BCUT2D eigenvalue weighted by molar-refractivity contribution is 5.86. The first kappa shape index (κ1) is 31.1. The van der Waals surface area contributed by atoms with Gasteiger partial charge in [0.1, 0.15) is 70.6 Å². The Morgan fingerprint density at radius 2 is 1.16 bits per heavy atom. The predicted octanol–water partition coefficient (Wildman–Crippen LogP) is -2.29.